The summed E-state index contributed by atoms with van der Waals surface area (Å²) in [6.07, 6.45) is -0.715. The highest BCUT2D eigenvalue weighted by atomic mass is 16.6. The standard InChI is InChI=1S/C14H26O6/c1-3-5-9(6-4-2)14(18)20-10-7-12(16)19-11(8-15)13(10)17/h9-13,15-17H,3-8H2,1-2H3/t10-,11-,12+,13+/m1/s1. The highest BCUT2D eigenvalue weighted by Gasteiger charge is 2.39. The second kappa shape index (κ2) is 8.56. The van der Waals surface area contributed by atoms with Crippen LogP contribution in [0.3, 0.4) is 0 Å². The van der Waals surface area contributed by atoms with Gasteiger partial charge in [-0.25, -0.2) is 0 Å². The monoisotopic (exact) mass is 290 g/mol. The van der Waals surface area contributed by atoms with Crippen molar-refractivity contribution in [3.8, 4) is 0 Å². The van der Waals surface area contributed by atoms with E-state index in [1.165, 1.54) is 0 Å². The topological polar surface area (TPSA) is 96.2 Å². The van der Waals surface area contributed by atoms with Crippen molar-refractivity contribution in [3.05, 3.63) is 0 Å². The maximum Gasteiger partial charge on any atom is 0.309 e. The molecule has 0 aromatic heterocycles. The van der Waals surface area contributed by atoms with Crippen molar-refractivity contribution in [2.75, 3.05) is 6.61 Å². The predicted octanol–water partition coefficient (Wildman–Crippen LogP) is 0.575. The molecule has 0 saturated carbocycles. The molecule has 3 N–H and O–H groups in total. The van der Waals surface area contributed by atoms with Crippen LogP contribution in [0, 0.1) is 5.92 Å². The van der Waals surface area contributed by atoms with Gasteiger partial charge < -0.3 is 24.8 Å². The maximum absolute atomic E-state index is 12.1. The Morgan fingerprint density at radius 3 is 2.40 bits per heavy atom. The number of rotatable bonds is 7. The number of carbonyl (C=O) groups is 1. The number of aliphatic hydroxyl groups excluding tert-OH is 3. The largest absolute Gasteiger partial charge is 0.459 e. The highest BCUT2D eigenvalue weighted by molar-refractivity contribution is 5.72. The van der Waals surface area contributed by atoms with Crippen LogP contribution in [0.5, 0.6) is 0 Å². The lowest BCUT2D eigenvalue weighted by atomic mass is 9.97. The molecule has 0 bridgehead atoms. The Morgan fingerprint density at radius 1 is 1.30 bits per heavy atom. The Labute approximate surface area is 119 Å². The lowest BCUT2D eigenvalue weighted by molar-refractivity contribution is -0.246. The molecule has 0 unspecified atom stereocenters. The Balaban J connectivity index is 2.62. The van der Waals surface area contributed by atoms with E-state index in [2.05, 4.69) is 0 Å². The molecule has 0 radical (unpaired) electrons. The van der Waals surface area contributed by atoms with Crippen LogP contribution in [-0.2, 0) is 14.3 Å². The Bertz CT molecular complexity index is 289. The molecule has 0 aromatic rings. The molecule has 6 heteroatoms. The van der Waals surface area contributed by atoms with Crippen LogP contribution in [0.2, 0.25) is 0 Å². The van der Waals surface area contributed by atoms with Gasteiger partial charge in [0.1, 0.15) is 18.3 Å². The molecule has 4 atom stereocenters. The first-order valence-corrected chi connectivity index (χ1v) is 7.36. The first kappa shape index (κ1) is 17.4. The van der Waals surface area contributed by atoms with E-state index in [4.69, 9.17) is 14.6 Å². The molecular formula is C14H26O6. The van der Waals surface area contributed by atoms with E-state index >= 15 is 0 Å². The van der Waals surface area contributed by atoms with Gasteiger partial charge in [0.15, 0.2) is 6.29 Å². The van der Waals surface area contributed by atoms with Crippen molar-refractivity contribution in [2.45, 2.75) is 70.6 Å². The molecule has 0 amide bonds. The summed E-state index contributed by atoms with van der Waals surface area (Å²) in [6, 6.07) is 0. The maximum atomic E-state index is 12.1. The minimum Gasteiger partial charge on any atom is -0.459 e. The van der Waals surface area contributed by atoms with E-state index in [1.807, 2.05) is 13.8 Å². The fraction of sp³-hybridized carbons (Fsp3) is 0.929. The number of hydrogen-bond donors (Lipinski definition) is 3. The first-order valence-electron chi connectivity index (χ1n) is 7.36. The molecule has 6 nitrogen and oxygen atoms in total. The van der Waals surface area contributed by atoms with Crippen LogP contribution < -0.4 is 0 Å². The summed E-state index contributed by atoms with van der Waals surface area (Å²) in [5, 5.41) is 28.6. The van der Waals surface area contributed by atoms with Crippen molar-refractivity contribution in [1.29, 1.82) is 0 Å². The van der Waals surface area contributed by atoms with Crippen LogP contribution in [0.15, 0.2) is 0 Å². The normalized spacial score (nSPS) is 30.5. The number of carbonyl (C=O) groups excluding carboxylic acids is 1. The Hall–Kier alpha value is -0.690. The first-order chi connectivity index (χ1) is 9.53. The summed E-state index contributed by atoms with van der Waals surface area (Å²) >= 11 is 0. The van der Waals surface area contributed by atoms with Gasteiger partial charge >= 0.3 is 5.97 Å². The summed E-state index contributed by atoms with van der Waals surface area (Å²) in [6.45, 7) is 3.58. The zero-order valence-electron chi connectivity index (χ0n) is 12.2. The number of ether oxygens (including phenoxy) is 2. The Morgan fingerprint density at radius 2 is 1.90 bits per heavy atom. The summed E-state index contributed by atoms with van der Waals surface area (Å²) in [7, 11) is 0. The number of hydrogen-bond acceptors (Lipinski definition) is 6. The van der Waals surface area contributed by atoms with E-state index in [9.17, 15) is 15.0 Å². The van der Waals surface area contributed by atoms with Crippen LogP contribution in [0.1, 0.15) is 46.0 Å². The van der Waals surface area contributed by atoms with Gasteiger partial charge in [0, 0.05) is 6.42 Å². The van der Waals surface area contributed by atoms with Gasteiger partial charge in [0.05, 0.1) is 12.5 Å². The summed E-state index contributed by atoms with van der Waals surface area (Å²) in [5.41, 5.74) is 0. The van der Waals surface area contributed by atoms with E-state index in [0.29, 0.717) is 0 Å². The molecule has 118 valence electrons. The van der Waals surface area contributed by atoms with Gasteiger partial charge in [-0.1, -0.05) is 26.7 Å². The van der Waals surface area contributed by atoms with Crippen molar-refractivity contribution in [1.82, 2.24) is 0 Å². The van der Waals surface area contributed by atoms with Gasteiger partial charge in [0.25, 0.3) is 0 Å². The second-order valence-electron chi connectivity index (χ2n) is 5.29. The predicted molar refractivity (Wildman–Crippen MR) is 71.8 cm³/mol. The quantitative estimate of drug-likeness (QED) is 0.593. The van der Waals surface area contributed by atoms with Gasteiger partial charge in [-0.15, -0.1) is 0 Å². The lowest BCUT2D eigenvalue weighted by Crippen LogP contribution is -2.51. The minimum atomic E-state index is -1.14. The van der Waals surface area contributed by atoms with E-state index < -0.39 is 31.2 Å². The van der Waals surface area contributed by atoms with Crippen LogP contribution in [0.25, 0.3) is 0 Å². The fourth-order valence-electron chi connectivity index (χ4n) is 2.51. The number of aliphatic hydroxyl groups is 3. The molecule has 1 saturated heterocycles. The van der Waals surface area contributed by atoms with Crippen molar-refractivity contribution >= 4 is 5.97 Å². The van der Waals surface area contributed by atoms with Crippen LogP contribution in [0.4, 0.5) is 0 Å². The molecular weight excluding hydrogens is 264 g/mol. The molecule has 1 aliphatic rings. The fourth-order valence-corrected chi connectivity index (χ4v) is 2.51. The average molecular weight is 290 g/mol. The smallest absolute Gasteiger partial charge is 0.309 e. The third kappa shape index (κ3) is 4.70. The third-order valence-electron chi connectivity index (χ3n) is 3.58. The van der Waals surface area contributed by atoms with Crippen molar-refractivity contribution in [2.24, 2.45) is 5.92 Å². The van der Waals surface area contributed by atoms with E-state index in [1.54, 1.807) is 0 Å². The summed E-state index contributed by atoms with van der Waals surface area (Å²) < 4.78 is 10.3. The Kier molecular flexibility index (Phi) is 7.43. The number of esters is 1. The summed E-state index contributed by atoms with van der Waals surface area (Å²) in [5.74, 6) is -0.520. The SMILES string of the molecule is CCCC(CCC)C(=O)O[C@@H]1C[C@@H](O)O[C@H](CO)[C@H]1O. The van der Waals surface area contributed by atoms with Crippen LogP contribution >= 0.6 is 0 Å². The van der Waals surface area contributed by atoms with Gasteiger partial charge in [-0.3, -0.25) is 4.79 Å². The van der Waals surface area contributed by atoms with Gasteiger partial charge in [0.2, 0.25) is 0 Å². The minimum absolute atomic E-state index is 0.0222. The molecule has 1 heterocycles. The van der Waals surface area contributed by atoms with Crippen LogP contribution in [-0.4, -0.2) is 52.5 Å². The van der Waals surface area contributed by atoms with Crippen molar-refractivity contribution in [3.63, 3.8) is 0 Å². The zero-order valence-corrected chi connectivity index (χ0v) is 12.2. The molecule has 1 rings (SSSR count). The lowest BCUT2D eigenvalue weighted by Gasteiger charge is -2.36. The average Bonchev–Trinajstić information content (AvgIpc) is 2.42. The van der Waals surface area contributed by atoms with E-state index in [-0.39, 0.29) is 18.3 Å². The summed E-state index contributed by atoms with van der Waals surface area (Å²) in [4.78, 5) is 12.1. The molecule has 1 fully saturated rings. The third-order valence-corrected chi connectivity index (χ3v) is 3.58. The van der Waals surface area contributed by atoms with Crippen molar-refractivity contribution < 1.29 is 29.6 Å². The molecule has 0 aromatic carbocycles. The highest BCUT2D eigenvalue weighted by Crippen LogP contribution is 2.24. The zero-order chi connectivity index (χ0) is 15.1. The molecule has 1 aliphatic heterocycles. The molecule has 0 spiro atoms. The van der Waals surface area contributed by atoms with Gasteiger partial charge in [-0.05, 0) is 12.8 Å². The van der Waals surface area contributed by atoms with Gasteiger partial charge in [-0.2, -0.15) is 0 Å². The molecule has 20 heavy (non-hydrogen) atoms. The second-order valence-corrected chi connectivity index (χ2v) is 5.29. The molecule has 0 aliphatic carbocycles. The van der Waals surface area contributed by atoms with E-state index in [0.717, 1.165) is 25.7 Å².